The lowest BCUT2D eigenvalue weighted by atomic mass is 10.1. The predicted octanol–water partition coefficient (Wildman–Crippen LogP) is 1.66. The van der Waals surface area contributed by atoms with Crippen molar-refractivity contribution in [2.24, 2.45) is 0 Å². The van der Waals surface area contributed by atoms with Crippen LogP contribution in [-0.2, 0) is 11.3 Å². The molecule has 2 aromatic rings. The Morgan fingerprint density at radius 2 is 2.21 bits per heavy atom. The second-order valence-electron chi connectivity index (χ2n) is 4.35. The van der Waals surface area contributed by atoms with Crippen molar-refractivity contribution in [1.82, 2.24) is 20.2 Å². The minimum Gasteiger partial charge on any atom is -0.398 e. The molecule has 1 heterocycles. The normalized spacial score (nSPS) is 10.8. The standard InChI is InChI=1S/C13H19N5O/c1-3-19-8-4-7-18-13(15-16-17-18)11-6-5-10(2)12(14)9-11/h5-6,9H,3-4,7-8,14H2,1-2H3. The molecule has 0 unspecified atom stereocenters. The van der Waals surface area contributed by atoms with E-state index in [0.717, 1.165) is 42.2 Å². The fourth-order valence-electron chi connectivity index (χ4n) is 1.80. The summed E-state index contributed by atoms with van der Waals surface area (Å²) in [5.74, 6) is 0.739. The smallest absolute Gasteiger partial charge is 0.182 e. The van der Waals surface area contributed by atoms with Gasteiger partial charge in [-0.1, -0.05) is 12.1 Å². The van der Waals surface area contributed by atoms with Gasteiger partial charge >= 0.3 is 0 Å². The van der Waals surface area contributed by atoms with Gasteiger partial charge in [0.1, 0.15) is 0 Å². The van der Waals surface area contributed by atoms with Gasteiger partial charge in [-0.05, 0) is 42.3 Å². The highest BCUT2D eigenvalue weighted by Crippen LogP contribution is 2.21. The van der Waals surface area contributed by atoms with Crippen LogP contribution in [0.3, 0.4) is 0 Å². The summed E-state index contributed by atoms with van der Waals surface area (Å²) < 4.78 is 7.09. The number of nitrogens with zero attached hydrogens (tertiary/aromatic N) is 4. The van der Waals surface area contributed by atoms with E-state index in [1.807, 2.05) is 32.0 Å². The lowest BCUT2D eigenvalue weighted by Gasteiger charge is -2.06. The third kappa shape index (κ3) is 3.29. The maximum atomic E-state index is 5.92. The molecule has 0 amide bonds. The van der Waals surface area contributed by atoms with Gasteiger partial charge in [-0.15, -0.1) is 5.10 Å². The molecule has 0 spiro atoms. The van der Waals surface area contributed by atoms with Crippen LogP contribution in [0.1, 0.15) is 18.9 Å². The first-order valence-corrected chi connectivity index (χ1v) is 6.42. The molecule has 0 aliphatic heterocycles. The average molecular weight is 261 g/mol. The number of nitrogens with two attached hydrogens (primary N) is 1. The number of hydrogen-bond acceptors (Lipinski definition) is 5. The minimum atomic E-state index is 0.714. The lowest BCUT2D eigenvalue weighted by molar-refractivity contribution is 0.140. The van der Waals surface area contributed by atoms with E-state index >= 15 is 0 Å². The molecule has 1 aromatic heterocycles. The van der Waals surface area contributed by atoms with Crippen molar-refractivity contribution in [1.29, 1.82) is 0 Å². The number of benzene rings is 1. The first-order chi connectivity index (χ1) is 9.22. The van der Waals surface area contributed by atoms with Gasteiger partial charge in [-0.2, -0.15) is 0 Å². The van der Waals surface area contributed by atoms with E-state index in [9.17, 15) is 0 Å². The van der Waals surface area contributed by atoms with E-state index in [1.165, 1.54) is 0 Å². The first-order valence-electron chi connectivity index (χ1n) is 6.42. The van der Waals surface area contributed by atoms with Crippen LogP contribution in [-0.4, -0.2) is 33.4 Å². The van der Waals surface area contributed by atoms with Gasteiger partial charge in [0.05, 0.1) is 0 Å². The minimum absolute atomic E-state index is 0.714. The quantitative estimate of drug-likeness (QED) is 0.632. The zero-order chi connectivity index (χ0) is 13.7. The molecule has 6 nitrogen and oxygen atoms in total. The van der Waals surface area contributed by atoms with Crippen LogP contribution in [0.4, 0.5) is 5.69 Å². The Kier molecular flexibility index (Phi) is 4.46. The number of hydrogen-bond donors (Lipinski definition) is 1. The summed E-state index contributed by atoms with van der Waals surface area (Å²) in [6, 6.07) is 5.86. The first kappa shape index (κ1) is 13.5. The molecule has 19 heavy (non-hydrogen) atoms. The number of tetrazole rings is 1. The van der Waals surface area contributed by atoms with Crippen molar-refractivity contribution in [2.45, 2.75) is 26.8 Å². The van der Waals surface area contributed by atoms with E-state index in [1.54, 1.807) is 4.68 Å². The second kappa shape index (κ2) is 6.29. The Morgan fingerprint density at radius 3 is 2.95 bits per heavy atom. The summed E-state index contributed by atoms with van der Waals surface area (Å²) in [6.07, 6.45) is 0.882. The number of aryl methyl sites for hydroxylation is 2. The van der Waals surface area contributed by atoms with Crippen molar-refractivity contribution in [2.75, 3.05) is 18.9 Å². The van der Waals surface area contributed by atoms with Gasteiger partial charge in [-0.25, -0.2) is 4.68 Å². The summed E-state index contributed by atoms with van der Waals surface area (Å²) in [7, 11) is 0. The number of ether oxygens (including phenoxy) is 1. The molecular formula is C13H19N5O. The van der Waals surface area contributed by atoms with E-state index in [-0.39, 0.29) is 0 Å². The SMILES string of the molecule is CCOCCCn1nnnc1-c1ccc(C)c(N)c1. The van der Waals surface area contributed by atoms with Gasteiger partial charge < -0.3 is 10.5 Å². The number of nitrogen functional groups attached to an aromatic ring is 1. The van der Waals surface area contributed by atoms with E-state index in [2.05, 4.69) is 15.5 Å². The monoisotopic (exact) mass is 261 g/mol. The molecule has 2 N–H and O–H groups in total. The molecule has 6 heteroatoms. The van der Waals surface area contributed by atoms with Crippen LogP contribution < -0.4 is 5.73 Å². The molecule has 0 saturated heterocycles. The van der Waals surface area contributed by atoms with Crippen molar-refractivity contribution < 1.29 is 4.74 Å². The Balaban J connectivity index is 2.12. The maximum Gasteiger partial charge on any atom is 0.182 e. The van der Waals surface area contributed by atoms with Gasteiger partial charge in [0.2, 0.25) is 0 Å². The number of anilines is 1. The molecule has 0 fully saturated rings. The average Bonchev–Trinajstić information content (AvgIpc) is 2.86. The molecule has 102 valence electrons. The molecule has 0 saturated carbocycles. The highest BCUT2D eigenvalue weighted by atomic mass is 16.5. The summed E-state index contributed by atoms with van der Waals surface area (Å²) in [5, 5.41) is 11.8. The van der Waals surface area contributed by atoms with Crippen molar-refractivity contribution in [3.8, 4) is 11.4 Å². The van der Waals surface area contributed by atoms with Gasteiger partial charge in [0.15, 0.2) is 5.82 Å². The number of aromatic nitrogens is 4. The summed E-state index contributed by atoms with van der Waals surface area (Å²) in [4.78, 5) is 0. The summed E-state index contributed by atoms with van der Waals surface area (Å²) in [6.45, 7) is 6.14. The lowest BCUT2D eigenvalue weighted by Crippen LogP contribution is -2.06. The highest BCUT2D eigenvalue weighted by Gasteiger charge is 2.09. The summed E-state index contributed by atoms with van der Waals surface area (Å²) in [5.41, 5.74) is 8.66. The van der Waals surface area contributed by atoms with Crippen LogP contribution >= 0.6 is 0 Å². The van der Waals surface area contributed by atoms with Crippen LogP contribution in [0.2, 0.25) is 0 Å². The highest BCUT2D eigenvalue weighted by molar-refractivity contribution is 5.63. The van der Waals surface area contributed by atoms with Gasteiger partial charge in [0, 0.05) is 31.0 Å². The number of rotatable bonds is 6. The third-order valence-corrected chi connectivity index (χ3v) is 2.93. The van der Waals surface area contributed by atoms with Crippen molar-refractivity contribution >= 4 is 5.69 Å². The van der Waals surface area contributed by atoms with E-state index in [4.69, 9.17) is 10.5 Å². The molecule has 0 bridgehead atoms. The van der Waals surface area contributed by atoms with E-state index in [0.29, 0.717) is 6.61 Å². The van der Waals surface area contributed by atoms with Crippen LogP contribution in [0, 0.1) is 6.92 Å². The molecule has 0 aliphatic carbocycles. The fraction of sp³-hybridized carbons (Fsp3) is 0.462. The molecule has 0 radical (unpaired) electrons. The molecule has 0 atom stereocenters. The fourth-order valence-corrected chi connectivity index (χ4v) is 1.80. The molecule has 0 aliphatic rings. The molecule has 1 aromatic carbocycles. The largest absolute Gasteiger partial charge is 0.398 e. The Bertz CT molecular complexity index is 538. The predicted molar refractivity (Wildman–Crippen MR) is 73.5 cm³/mol. The topological polar surface area (TPSA) is 78.8 Å². The van der Waals surface area contributed by atoms with Crippen molar-refractivity contribution in [3.05, 3.63) is 23.8 Å². The Labute approximate surface area is 112 Å². The van der Waals surface area contributed by atoms with Gasteiger partial charge in [0.25, 0.3) is 0 Å². The zero-order valence-corrected chi connectivity index (χ0v) is 11.3. The second-order valence-corrected chi connectivity index (χ2v) is 4.35. The summed E-state index contributed by atoms with van der Waals surface area (Å²) >= 11 is 0. The van der Waals surface area contributed by atoms with E-state index < -0.39 is 0 Å². The van der Waals surface area contributed by atoms with Gasteiger partial charge in [-0.3, -0.25) is 0 Å². The third-order valence-electron chi connectivity index (χ3n) is 2.93. The Hall–Kier alpha value is -1.95. The van der Waals surface area contributed by atoms with Crippen LogP contribution in [0.5, 0.6) is 0 Å². The maximum absolute atomic E-state index is 5.92. The Morgan fingerprint density at radius 1 is 1.37 bits per heavy atom. The van der Waals surface area contributed by atoms with Crippen LogP contribution in [0.25, 0.3) is 11.4 Å². The molecular weight excluding hydrogens is 242 g/mol. The zero-order valence-electron chi connectivity index (χ0n) is 11.3. The van der Waals surface area contributed by atoms with Crippen molar-refractivity contribution in [3.63, 3.8) is 0 Å². The molecule has 2 rings (SSSR count). The van der Waals surface area contributed by atoms with Crippen LogP contribution in [0.15, 0.2) is 18.2 Å².